The van der Waals surface area contributed by atoms with Crippen LogP contribution in [0.5, 0.6) is 5.75 Å². The zero-order chi connectivity index (χ0) is 23.6. The highest BCUT2D eigenvalue weighted by Gasteiger charge is 2.18. The molecule has 0 fully saturated rings. The van der Waals surface area contributed by atoms with E-state index in [1.807, 2.05) is 47.8 Å². The average molecular weight is 468 g/mol. The van der Waals surface area contributed by atoms with E-state index in [-0.39, 0.29) is 29.4 Å². The first kappa shape index (κ1) is 24.0. The molecule has 1 aromatic heterocycles. The van der Waals surface area contributed by atoms with Crippen molar-refractivity contribution in [2.75, 3.05) is 27.4 Å². The van der Waals surface area contributed by atoms with Gasteiger partial charge in [-0.05, 0) is 41.6 Å². The summed E-state index contributed by atoms with van der Waals surface area (Å²) in [4.78, 5) is 39.8. The fraction of sp³-hybridized carbons (Fsp3) is 0.240. The number of carbonyl (C=O) groups is 3. The van der Waals surface area contributed by atoms with Gasteiger partial charge in [0, 0.05) is 11.4 Å². The van der Waals surface area contributed by atoms with Crippen molar-refractivity contribution in [3.63, 3.8) is 0 Å². The molecule has 0 radical (unpaired) electrons. The monoisotopic (exact) mass is 467 g/mol. The van der Waals surface area contributed by atoms with Gasteiger partial charge in [0.1, 0.15) is 5.75 Å². The minimum absolute atomic E-state index is 0.127. The largest absolute Gasteiger partial charge is 0.484 e. The Balaban J connectivity index is 1.73. The van der Waals surface area contributed by atoms with Gasteiger partial charge in [0.25, 0.3) is 5.91 Å². The Labute approximate surface area is 196 Å². The lowest BCUT2D eigenvalue weighted by atomic mass is 10.1. The predicted octanol–water partition coefficient (Wildman–Crippen LogP) is 3.97. The van der Waals surface area contributed by atoms with E-state index in [0.29, 0.717) is 19.5 Å². The van der Waals surface area contributed by atoms with Gasteiger partial charge in [-0.15, -0.1) is 11.3 Å². The highest BCUT2D eigenvalue weighted by Crippen LogP contribution is 2.20. The fourth-order valence-electron chi connectivity index (χ4n) is 3.18. The Bertz CT molecular complexity index is 1050. The number of rotatable bonds is 10. The molecule has 3 rings (SSSR count). The van der Waals surface area contributed by atoms with Gasteiger partial charge in [-0.3, -0.25) is 4.79 Å². The number of nitrogens with zero attached hydrogens (tertiary/aromatic N) is 1. The summed E-state index contributed by atoms with van der Waals surface area (Å²) in [5.74, 6) is -1.26. The number of methoxy groups -OCH3 is 2. The third kappa shape index (κ3) is 6.92. The molecule has 0 aliphatic carbocycles. The molecule has 1 heterocycles. The second-order valence-corrected chi connectivity index (χ2v) is 8.18. The molecular weight excluding hydrogens is 442 g/mol. The van der Waals surface area contributed by atoms with Gasteiger partial charge < -0.3 is 19.1 Å². The fourth-order valence-corrected chi connectivity index (χ4v) is 3.90. The maximum atomic E-state index is 13.0. The smallest absolute Gasteiger partial charge is 0.338 e. The van der Waals surface area contributed by atoms with Crippen LogP contribution in [0.4, 0.5) is 0 Å². The van der Waals surface area contributed by atoms with Crippen molar-refractivity contribution < 1.29 is 28.6 Å². The number of amides is 1. The van der Waals surface area contributed by atoms with Crippen LogP contribution in [-0.4, -0.2) is 50.1 Å². The van der Waals surface area contributed by atoms with Gasteiger partial charge in [-0.2, -0.15) is 0 Å². The molecule has 3 aromatic rings. The topological polar surface area (TPSA) is 82.1 Å². The number of hydrogen-bond donors (Lipinski definition) is 0. The molecule has 0 saturated heterocycles. The molecule has 0 bridgehead atoms. The van der Waals surface area contributed by atoms with E-state index >= 15 is 0 Å². The SMILES string of the molecule is COC(=O)c1cc(OCC(=O)N(CCc2ccccc2)Cc2cccs2)cc(C(=O)OC)c1. The zero-order valence-electron chi connectivity index (χ0n) is 18.5. The maximum Gasteiger partial charge on any atom is 0.338 e. The molecule has 0 N–H and O–H groups in total. The van der Waals surface area contributed by atoms with Crippen LogP contribution in [0.1, 0.15) is 31.2 Å². The molecule has 0 unspecified atom stereocenters. The number of benzene rings is 2. The molecule has 0 saturated carbocycles. The van der Waals surface area contributed by atoms with Crippen LogP contribution in [0.3, 0.4) is 0 Å². The van der Waals surface area contributed by atoms with Crippen LogP contribution in [0.2, 0.25) is 0 Å². The molecule has 8 heteroatoms. The summed E-state index contributed by atoms with van der Waals surface area (Å²) < 4.78 is 15.2. The Kier molecular flexibility index (Phi) is 8.60. The number of carbonyl (C=O) groups excluding carboxylic acids is 3. The molecule has 0 spiro atoms. The quantitative estimate of drug-likeness (QED) is 0.420. The van der Waals surface area contributed by atoms with Gasteiger partial charge >= 0.3 is 11.9 Å². The summed E-state index contributed by atoms with van der Waals surface area (Å²) in [6.45, 7) is 0.757. The minimum atomic E-state index is -0.626. The van der Waals surface area contributed by atoms with Crippen molar-refractivity contribution in [2.24, 2.45) is 0 Å². The van der Waals surface area contributed by atoms with Gasteiger partial charge in [0.05, 0.1) is 31.9 Å². The first-order chi connectivity index (χ1) is 16.0. The van der Waals surface area contributed by atoms with Gasteiger partial charge in [0.15, 0.2) is 6.61 Å². The normalized spacial score (nSPS) is 10.4. The van der Waals surface area contributed by atoms with Crippen LogP contribution in [-0.2, 0) is 27.2 Å². The summed E-state index contributed by atoms with van der Waals surface area (Å²) in [6.07, 6.45) is 0.711. The number of thiophene rings is 1. The predicted molar refractivity (Wildman–Crippen MR) is 124 cm³/mol. The highest BCUT2D eigenvalue weighted by atomic mass is 32.1. The Morgan fingerprint density at radius 2 is 1.55 bits per heavy atom. The summed E-state index contributed by atoms with van der Waals surface area (Å²) in [7, 11) is 2.48. The molecule has 2 aromatic carbocycles. The summed E-state index contributed by atoms with van der Waals surface area (Å²) in [6, 6.07) is 18.1. The standard InChI is InChI=1S/C25H25NO6S/c1-30-24(28)19-13-20(25(29)31-2)15-21(14-19)32-17-23(27)26(16-22-9-6-12-33-22)11-10-18-7-4-3-5-8-18/h3-9,12-15H,10-11,16-17H2,1-2H3. The lowest BCUT2D eigenvalue weighted by Crippen LogP contribution is -2.35. The molecule has 0 atom stereocenters. The van der Waals surface area contributed by atoms with E-state index in [2.05, 4.69) is 0 Å². The van der Waals surface area contributed by atoms with Crippen LogP contribution in [0.15, 0.2) is 66.0 Å². The molecule has 33 heavy (non-hydrogen) atoms. The van der Waals surface area contributed by atoms with Gasteiger partial charge in [0.2, 0.25) is 0 Å². The highest BCUT2D eigenvalue weighted by molar-refractivity contribution is 7.09. The van der Waals surface area contributed by atoms with E-state index in [1.165, 1.54) is 32.4 Å². The van der Waals surface area contributed by atoms with Crippen molar-refractivity contribution in [1.82, 2.24) is 4.90 Å². The first-order valence-corrected chi connectivity index (χ1v) is 11.2. The van der Waals surface area contributed by atoms with Crippen LogP contribution < -0.4 is 4.74 Å². The minimum Gasteiger partial charge on any atom is -0.484 e. The van der Waals surface area contributed by atoms with Crippen molar-refractivity contribution in [3.8, 4) is 5.75 Å². The lowest BCUT2D eigenvalue weighted by molar-refractivity contribution is -0.133. The average Bonchev–Trinajstić information content (AvgIpc) is 3.37. The molecule has 7 nitrogen and oxygen atoms in total. The molecule has 0 aliphatic heterocycles. The first-order valence-electron chi connectivity index (χ1n) is 10.3. The summed E-state index contributed by atoms with van der Waals surface area (Å²) in [5, 5.41) is 1.97. The summed E-state index contributed by atoms with van der Waals surface area (Å²) >= 11 is 1.58. The third-order valence-electron chi connectivity index (χ3n) is 4.90. The van der Waals surface area contributed by atoms with E-state index < -0.39 is 11.9 Å². The molecular formula is C25H25NO6S. The number of ether oxygens (including phenoxy) is 3. The van der Waals surface area contributed by atoms with Crippen molar-refractivity contribution in [2.45, 2.75) is 13.0 Å². The van der Waals surface area contributed by atoms with Gasteiger partial charge in [-0.25, -0.2) is 9.59 Å². The Morgan fingerprint density at radius 3 is 2.12 bits per heavy atom. The third-order valence-corrected chi connectivity index (χ3v) is 5.76. The van der Waals surface area contributed by atoms with Crippen molar-refractivity contribution >= 4 is 29.2 Å². The second kappa shape index (κ2) is 11.8. The Hall–Kier alpha value is -3.65. The Morgan fingerprint density at radius 1 is 0.879 bits per heavy atom. The number of hydrogen-bond acceptors (Lipinski definition) is 7. The molecule has 172 valence electrons. The maximum absolute atomic E-state index is 13.0. The summed E-state index contributed by atoms with van der Waals surface area (Å²) in [5.41, 5.74) is 1.39. The van der Waals surface area contributed by atoms with Gasteiger partial charge in [-0.1, -0.05) is 36.4 Å². The van der Waals surface area contributed by atoms with Crippen LogP contribution >= 0.6 is 11.3 Å². The van der Waals surface area contributed by atoms with Crippen molar-refractivity contribution in [1.29, 1.82) is 0 Å². The van der Waals surface area contributed by atoms with Crippen LogP contribution in [0.25, 0.3) is 0 Å². The number of esters is 2. The van der Waals surface area contributed by atoms with Crippen LogP contribution in [0, 0.1) is 0 Å². The van der Waals surface area contributed by atoms with E-state index in [0.717, 1.165) is 10.4 Å². The van der Waals surface area contributed by atoms with Crippen molar-refractivity contribution in [3.05, 3.63) is 87.6 Å². The molecule has 0 aliphatic rings. The zero-order valence-corrected chi connectivity index (χ0v) is 19.3. The van der Waals surface area contributed by atoms with E-state index in [4.69, 9.17) is 14.2 Å². The molecule has 1 amide bonds. The van der Waals surface area contributed by atoms with E-state index in [1.54, 1.807) is 16.2 Å². The van der Waals surface area contributed by atoms with E-state index in [9.17, 15) is 14.4 Å². The second-order valence-electron chi connectivity index (χ2n) is 7.15. The lowest BCUT2D eigenvalue weighted by Gasteiger charge is -2.22.